The number of halogens is 1. The SMILES string of the molecule is Cc1ccc(S(=O)(=O)N(C)C)cc1NC(=S)N/N=C/c1c[nH]c2ccc(Br)cc12. The van der Waals surface area contributed by atoms with E-state index in [4.69, 9.17) is 12.2 Å². The number of rotatable bonds is 5. The van der Waals surface area contributed by atoms with Crippen molar-refractivity contribution >= 4 is 66.1 Å². The summed E-state index contributed by atoms with van der Waals surface area (Å²) in [7, 11) is -0.545. The lowest BCUT2D eigenvalue weighted by molar-refractivity contribution is 0.521. The van der Waals surface area contributed by atoms with Gasteiger partial charge in [0.1, 0.15) is 0 Å². The molecule has 0 aliphatic heterocycles. The number of aromatic nitrogens is 1. The van der Waals surface area contributed by atoms with Crippen molar-refractivity contribution in [1.29, 1.82) is 0 Å². The fourth-order valence-electron chi connectivity index (χ4n) is 2.64. The van der Waals surface area contributed by atoms with E-state index in [1.807, 2.05) is 31.3 Å². The molecule has 1 heterocycles. The molecule has 1 aromatic heterocycles. The van der Waals surface area contributed by atoms with Crippen molar-refractivity contribution in [3.8, 4) is 0 Å². The van der Waals surface area contributed by atoms with Gasteiger partial charge in [-0.25, -0.2) is 12.7 Å². The summed E-state index contributed by atoms with van der Waals surface area (Å²) in [5.41, 5.74) is 6.13. The number of nitrogens with one attached hydrogen (secondary N) is 3. The van der Waals surface area contributed by atoms with Crippen LogP contribution in [0.4, 0.5) is 5.69 Å². The number of aromatic amines is 1. The number of hydrogen-bond acceptors (Lipinski definition) is 4. The fourth-order valence-corrected chi connectivity index (χ4v) is 4.09. The first-order valence-corrected chi connectivity index (χ1v) is 11.2. The maximum Gasteiger partial charge on any atom is 0.242 e. The zero-order chi connectivity index (χ0) is 21.2. The second-order valence-electron chi connectivity index (χ2n) is 6.52. The number of hydrazone groups is 1. The molecule has 3 rings (SSSR count). The van der Waals surface area contributed by atoms with Crippen molar-refractivity contribution in [2.75, 3.05) is 19.4 Å². The zero-order valence-corrected chi connectivity index (χ0v) is 19.2. The maximum atomic E-state index is 12.3. The Hall–Kier alpha value is -2.27. The number of hydrogen-bond donors (Lipinski definition) is 3. The molecule has 10 heteroatoms. The Labute approximate surface area is 183 Å². The Morgan fingerprint density at radius 3 is 2.72 bits per heavy atom. The highest BCUT2D eigenvalue weighted by Gasteiger charge is 2.18. The van der Waals surface area contributed by atoms with Crippen molar-refractivity contribution < 1.29 is 8.42 Å². The lowest BCUT2D eigenvalue weighted by Gasteiger charge is -2.15. The highest BCUT2D eigenvalue weighted by Crippen LogP contribution is 2.23. The number of benzene rings is 2. The lowest BCUT2D eigenvalue weighted by Crippen LogP contribution is -2.25. The third kappa shape index (κ3) is 4.84. The molecule has 0 aliphatic carbocycles. The van der Waals surface area contributed by atoms with E-state index in [2.05, 4.69) is 36.8 Å². The molecular weight excluding hydrogens is 474 g/mol. The predicted octanol–water partition coefficient (Wildman–Crippen LogP) is 3.81. The van der Waals surface area contributed by atoms with E-state index >= 15 is 0 Å². The quantitative estimate of drug-likeness (QED) is 0.285. The van der Waals surface area contributed by atoms with Gasteiger partial charge >= 0.3 is 0 Å². The van der Waals surface area contributed by atoms with Crippen molar-refractivity contribution in [3.63, 3.8) is 0 Å². The van der Waals surface area contributed by atoms with Crippen molar-refractivity contribution in [3.05, 3.63) is 58.2 Å². The minimum atomic E-state index is -3.53. The number of sulfonamides is 1. The average molecular weight is 494 g/mol. The summed E-state index contributed by atoms with van der Waals surface area (Å²) in [6, 6.07) is 10.8. The zero-order valence-electron chi connectivity index (χ0n) is 16.0. The molecule has 0 saturated carbocycles. The van der Waals surface area contributed by atoms with Crippen LogP contribution >= 0.6 is 28.1 Å². The molecule has 0 spiro atoms. The first kappa shape index (κ1) is 21.4. The average Bonchev–Trinajstić information content (AvgIpc) is 3.05. The summed E-state index contributed by atoms with van der Waals surface area (Å²) >= 11 is 8.75. The van der Waals surface area contributed by atoms with E-state index < -0.39 is 10.0 Å². The first-order valence-electron chi connectivity index (χ1n) is 8.58. The Bertz CT molecular complexity index is 1200. The molecule has 3 N–H and O–H groups in total. The summed E-state index contributed by atoms with van der Waals surface area (Å²) in [6.45, 7) is 1.87. The Morgan fingerprint density at radius 1 is 1.24 bits per heavy atom. The predicted molar refractivity (Wildman–Crippen MR) is 125 cm³/mol. The molecule has 0 aliphatic rings. The van der Waals surface area contributed by atoms with Gasteiger partial charge < -0.3 is 10.3 Å². The highest BCUT2D eigenvalue weighted by molar-refractivity contribution is 9.10. The van der Waals surface area contributed by atoms with Gasteiger partial charge in [-0.15, -0.1) is 0 Å². The van der Waals surface area contributed by atoms with E-state index in [1.54, 1.807) is 24.4 Å². The van der Waals surface area contributed by atoms with E-state index in [-0.39, 0.29) is 10.0 Å². The van der Waals surface area contributed by atoms with Crippen molar-refractivity contribution in [1.82, 2.24) is 14.7 Å². The second kappa shape index (κ2) is 8.62. The van der Waals surface area contributed by atoms with Crippen LogP contribution in [0, 0.1) is 6.92 Å². The van der Waals surface area contributed by atoms with Crippen LogP contribution < -0.4 is 10.7 Å². The van der Waals surface area contributed by atoms with Crippen LogP contribution in [-0.2, 0) is 10.0 Å². The minimum Gasteiger partial charge on any atom is -0.361 e. The number of nitrogens with zero attached hydrogens (tertiary/aromatic N) is 2. The monoisotopic (exact) mass is 493 g/mol. The summed E-state index contributed by atoms with van der Waals surface area (Å²) in [4.78, 5) is 3.37. The van der Waals surface area contributed by atoms with Gasteiger partial charge in [-0.05, 0) is 55.0 Å². The summed E-state index contributed by atoms with van der Waals surface area (Å²) < 4.78 is 26.8. The Balaban J connectivity index is 1.72. The van der Waals surface area contributed by atoms with Gasteiger partial charge in [0.25, 0.3) is 0 Å². The number of anilines is 1. The van der Waals surface area contributed by atoms with Crippen LogP contribution in [0.25, 0.3) is 10.9 Å². The molecule has 0 unspecified atom stereocenters. The van der Waals surface area contributed by atoms with Crippen molar-refractivity contribution in [2.24, 2.45) is 5.10 Å². The Kier molecular flexibility index (Phi) is 6.37. The van der Waals surface area contributed by atoms with Crippen LogP contribution in [0.15, 0.2) is 57.1 Å². The minimum absolute atomic E-state index is 0.186. The normalized spacial score (nSPS) is 12.0. The molecule has 3 aromatic rings. The molecular formula is C19H20BrN5O2S2. The fraction of sp³-hybridized carbons (Fsp3) is 0.158. The topological polar surface area (TPSA) is 89.6 Å². The van der Waals surface area contributed by atoms with Gasteiger partial charge in [-0.1, -0.05) is 22.0 Å². The van der Waals surface area contributed by atoms with Gasteiger partial charge in [-0.3, -0.25) is 5.43 Å². The van der Waals surface area contributed by atoms with Crippen LogP contribution in [-0.4, -0.2) is 43.1 Å². The van der Waals surface area contributed by atoms with Crippen molar-refractivity contribution in [2.45, 2.75) is 11.8 Å². The summed E-state index contributed by atoms with van der Waals surface area (Å²) in [5, 5.41) is 8.46. The lowest BCUT2D eigenvalue weighted by atomic mass is 10.2. The highest BCUT2D eigenvalue weighted by atomic mass is 79.9. The van der Waals surface area contributed by atoms with E-state index in [0.29, 0.717) is 5.69 Å². The molecule has 0 amide bonds. The standard InChI is InChI=1S/C19H20BrN5O2S2/c1-12-4-6-15(29(26,27)25(2)3)9-18(12)23-19(28)24-22-11-13-10-21-17-7-5-14(20)8-16(13)17/h4-11,21H,1-3H3,(H2,23,24,28)/b22-11+. The molecule has 0 fully saturated rings. The van der Waals surface area contributed by atoms with Crippen LogP contribution in [0.2, 0.25) is 0 Å². The molecule has 2 aromatic carbocycles. The third-order valence-electron chi connectivity index (χ3n) is 4.28. The second-order valence-corrected chi connectivity index (χ2v) is 10.00. The molecule has 0 atom stereocenters. The molecule has 29 heavy (non-hydrogen) atoms. The molecule has 0 bridgehead atoms. The first-order chi connectivity index (χ1) is 13.7. The number of H-pyrrole nitrogens is 1. The van der Waals surface area contributed by atoms with Crippen LogP contribution in [0.3, 0.4) is 0 Å². The summed E-state index contributed by atoms with van der Waals surface area (Å²) in [5.74, 6) is 0. The third-order valence-corrected chi connectivity index (χ3v) is 6.78. The van der Waals surface area contributed by atoms with E-state index in [1.165, 1.54) is 18.4 Å². The molecule has 152 valence electrons. The smallest absolute Gasteiger partial charge is 0.242 e. The van der Waals surface area contributed by atoms with E-state index in [9.17, 15) is 8.42 Å². The maximum absolute atomic E-state index is 12.3. The van der Waals surface area contributed by atoms with E-state index in [0.717, 1.165) is 26.5 Å². The molecule has 7 nitrogen and oxygen atoms in total. The summed E-state index contributed by atoms with van der Waals surface area (Å²) in [6.07, 6.45) is 3.53. The largest absolute Gasteiger partial charge is 0.361 e. The van der Waals surface area contributed by atoms with Crippen LogP contribution in [0.1, 0.15) is 11.1 Å². The Morgan fingerprint density at radius 2 is 2.00 bits per heavy atom. The van der Waals surface area contributed by atoms with Gasteiger partial charge in [-0.2, -0.15) is 5.10 Å². The van der Waals surface area contributed by atoms with Gasteiger partial charge in [0.05, 0.1) is 11.1 Å². The number of thiocarbonyl (C=S) groups is 1. The molecule has 0 saturated heterocycles. The van der Waals surface area contributed by atoms with Gasteiger partial charge in [0, 0.05) is 46.9 Å². The van der Waals surface area contributed by atoms with Gasteiger partial charge in [0.15, 0.2) is 5.11 Å². The number of fused-ring (bicyclic) bond motifs is 1. The van der Waals surface area contributed by atoms with Crippen LogP contribution in [0.5, 0.6) is 0 Å². The van der Waals surface area contributed by atoms with Gasteiger partial charge in [0.2, 0.25) is 10.0 Å². The number of aryl methyl sites for hydroxylation is 1. The molecule has 0 radical (unpaired) electrons.